The quantitative estimate of drug-likeness (QED) is 0.696. The van der Waals surface area contributed by atoms with Crippen LogP contribution in [0.4, 0.5) is 5.69 Å². The minimum absolute atomic E-state index is 0.287. The molecule has 0 radical (unpaired) electrons. The van der Waals surface area contributed by atoms with Gasteiger partial charge in [-0.05, 0) is 44.1 Å². The number of anilines is 1. The Labute approximate surface area is 147 Å². The Morgan fingerprint density at radius 3 is 2.75 bits per heavy atom. The minimum atomic E-state index is 0.287. The van der Waals surface area contributed by atoms with Gasteiger partial charge in [0.1, 0.15) is 0 Å². The zero-order chi connectivity index (χ0) is 16.9. The van der Waals surface area contributed by atoms with E-state index in [9.17, 15) is 0 Å². The lowest BCUT2D eigenvalue weighted by atomic mass is 10.1. The smallest absolute Gasteiger partial charge is 0.170 e. The highest BCUT2D eigenvalue weighted by Crippen LogP contribution is 2.18. The van der Waals surface area contributed by atoms with E-state index >= 15 is 0 Å². The number of hydrogen-bond donors (Lipinski definition) is 2. The lowest BCUT2D eigenvalue weighted by Gasteiger charge is -2.11. The second kappa shape index (κ2) is 7.40. The molecule has 2 heterocycles. The fraction of sp³-hybridized carbons (Fsp3) is 0.278. The molecule has 0 aliphatic rings. The maximum absolute atomic E-state index is 5.35. The second-order valence-corrected chi connectivity index (χ2v) is 6.34. The molecule has 3 aromatic rings. The average Bonchev–Trinajstić information content (AvgIpc) is 2.99. The Morgan fingerprint density at radius 1 is 1.21 bits per heavy atom. The lowest BCUT2D eigenvalue weighted by Crippen LogP contribution is -2.30. The van der Waals surface area contributed by atoms with Crippen molar-refractivity contribution in [3.8, 4) is 0 Å². The summed E-state index contributed by atoms with van der Waals surface area (Å²) in [7, 11) is 0. The van der Waals surface area contributed by atoms with Crippen molar-refractivity contribution >= 4 is 34.1 Å². The summed E-state index contributed by atoms with van der Waals surface area (Å²) in [5, 5.41) is 12.4. The molecule has 2 aromatic heterocycles. The maximum atomic E-state index is 5.35. The summed E-state index contributed by atoms with van der Waals surface area (Å²) < 4.78 is 1.91. The van der Waals surface area contributed by atoms with Crippen LogP contribution in [0.15, 0.2) is 48.8 Å². The molecule has 0 aliphatic carbocycles. The van der Waals surface area contributed by atoms with E-state index in [2.05, 4.69) is 46.7 Å². The van der Waals surface area contributed by atoms with Crippen molar-refractivity contribution in [1.29, 1.82) is 0 Å². The third-order valence-corrected chi connectivity index (χ3v) is 3.97. The summed E-state index contributed by atoms with van der Waals surface area (Å²) in [6.45, 7) is 4.97. The highest BCUT2D eigenvalue weighted by atomic mass is 32.1. The molecule has 24 heavy (non-hydrogen) atoms. The zero-order valence-corrected chi connectivity index (χ0v) is 14.7. The van der Waals surface area contributed by atoms with Crippen molar-refractivity contribution in [2.45, 2.75) is 26.3 Å². The van der Waals surface area contributed by atoms with Crippen LogP contribution in [0.5, 0.6) is 0 Å². The van der Waals surface area contributed by atoms with Gasteiger partial charge in [-0.2, -0.15) is 5.10 Å². The fourth-order valence-corrected chi connectivity index (χ4v) is 2.75. The Morgan fingerprint density at radius 2 is 2.00 bits per heavy atom. The molecule has 2 N–H and O–H groups in total. The van der Waals surface area contributed by atoms with E-state index in [0.29, 0.717) is 5.11 Å². The van der Waals surface area contributed by atoms with Gasteiger partial charge < -0.3 is 10.6 Å². The van der Waals surface area contributed by atoms with Gasteiger partial charge in [-0.25, -0.2) is 9.67 Å². The van der Waals surface area contributed by atoms with E-state index in [1.165, 1.54) is 5.56 Å². The van der Waals surface area contributed by atoms with E-state index in [1.54, 1.807) is 6.20 Å². The maximum Gasteiger partial charge on any atom is 0.170 e. The van der Waals surface area contributed by atoms with Crippen LogP contribution in [0.25, 0.3) is 11.0 Å². The van der Waals surface area contributed by atoms with Gasteiger partial charge in [-0.15, -0.1) is 0 Å². The zero-order valence-electron chi connectivity index (χ0n) is 13.9. The number of fused-ring (bicyclic) bond motifs is 1. The molecular formula is C18H21N5S. The van der Waals surface area contributed by atoms with E-state index in [4.69, 9.17) is 12.2 Å². The molecule has 0 amide bonds. The number of nitrogens with one attached hydrogen (secondary N) is 2. The third-order valence-electron chi connectivity index (χ3n) is 3.72. The van der Waals surface area contributed by atoms with Gasteiger partial charge in [0.2, 0.25) is 0 Å². The molecule has 0 atom stereocenters. The Kier molecular flexibility index (Phi) is 5.05. The molecule has 3 rings (SSSR count). The summed E-state index contributed by atoms with van der Waals surface area (Å²) in [6.07, 6.45) is 4.55. The molecule has 0 aliphatic heterocycles. The topological polar surface area (TPSA) is 54.8 Å². The Hall–Kier alpha value is -2.47. The molecule has 0 bridgehead atoms. The number of nitrogens with zero attached hydrogens (tertiary/aromatic N) is 3. The first-order valence-electron chi connectivity index (χ1n) is 8.05. The number of aromatic nitrogens is 3. The van der Waals surface area contributed by atoms with Crippen LogP contribution in [-0.2, 0) is 6.42 Å². The van der Waals surface area contributed by atoms with Gasteiger partial charge in [0.05, 0.1) is 18.1 Å². The summed E-state index contributed by atoms with van der Waals surface area (Å²) in [4.78, 5) is 4.49. The molecule has 0 saturated carbocycles. The lowest BCUT2D eigenvalue weighted by molar-refractivity contribution is 0.546. The number of thiocarbonyl (C=S) groups is 1. The van der Waals surface area contributed by atoms with Crippen molar-refractivity contribution in [3.63, 3.8) is 0 Å². The standard InChI is InChI=1S/C18H21N5S/c1-13(2)23-17-15(11-21-23)10-16(12-20-17)22-18(24)19-9-8-14-6-4-3-5-7-14/h3-7,10-13H,8-9H2,1-2H3,(H2,19,22,24). The second-order valence-electron chi connectivity index (χ2n) is 5.94. The normalized spacial score (nSPS) is 11.0. The Bertz CT molecular complexity index is 826. The monoisotopic (exact) mass is 339 g/mol. The number of pyridine rings is 1. The number of hydrogen-bond acceptors (Lipinski definition) is 3. The minimum Gasteiger partial charge on any atom is -0.362 e. The van der Waals surface area contributed by atoms with Crippen LogP contribution in [0.3, 0.4) is 0 Å². The summed E-state index contributed by atoms with van der Waals surface area (Å²) in [5.74, 6) is 0. The summed E-state index contributed by atoms with van der Waals surface area (Å²) >= 11 is 5.35. The van der Waals surface area contributed by atoms with Crippen LogP contribution in [0, 0.1) is 0 Å². The first-order valence-corrected chi connectivity index (χ1v) is 8.46. The van der Waals surface area contributed by atoms with Crippen LogP contribution in [0.1, 0.15) is 25.5 Å². The van der Waals surface area contributed by atoms with Gasteiger partial charge >= 0.3 is 0 Å². The molecule has 0 spiro atoms. The van der Waals surface area contributed by atoms with Crippen molar-refractivity contribution < 1.29 is 0 Å². The first-order chi connectivity index (χ1) is 11.6. The SMILES string of the molecule is CC(C)n1ncc2cc(NC(=S)NCCc3ccccc3)cnc21. The molecule has 5 nitrogen and oxygen atoms in total. The predicted octanol–water partition coefficient (Wildman–Crippen LogP) is 3.54. The van der Waals surface area contributed by atoms with Crippen molar-refractivity contribution in [1.82, 2.24) is 20.1 Å². The molecule has 6 heteroatoms. The molecule has 0 unspecified atom stereocenters. The highest BCUT2D eigenvalue weighted by molar-refractivity contribution is 7.80. The molecule has 0 saturated heterocycles. The van der Waals surface area contributed by atoms with Crippen LogP contribution < -0.4 is 10.6 Å². The van der Waals surface area contributed by atoms with E-state index in [0.717, 1.165) is 29.7 Å². The average molecular weight is 339 g/mol. The van der Waals surface area contributed by atoms with Crippen molar-refractivity contribution in [2.75, 3.05) is 11.9 Å². The van der Waals surface area contributed by atoms with Gasteiger partial charge in [0.25, 0.3) is 0 Å². The molecule has 1 aromatic carbocycles. The number of benzene rings is 1. The van der Waals surface area contributed by atoms with Gasteiger partial charge in [-0.3, -0.25) is 0 Å². The van der Waals surface area contributed by atoms with Crippen LogP contribution in [0.2, 0.25) is 0 Å². The Balaban J connectivity index is 1.57. The summed E-state index contributed by atoms with van der Waals surface area (Å²) in [6, 6.07) is 12.6. The molecule has 0 fully saturated rings. The van der Waals surface area contributed by atoms with E-state index in [-0.39, 0.29) is 6.04 Å². The fourth-order valence-electron chi connectivity index (χ4n) is 2.53. The van der Waals surface area contributed by atoms with Gasteiger partial charge in [0.15, 0.2) is 10.8 Å². The highest BCUT2D eigenvalue weighted by Gasteiger charge is 2.08. The van der Waals surface area contributed by atoms with Crippen molar-refractivity contribution in [2.24, 2.45) is 0 Å². The number of rotatable bonds is 5. The molecular weight excluding hydrogens is 318 g/mol. The van der Waals surface area contributed by atoms with E-state index < -0.39 is 0 Å². The van der Waals surface area contributed by atoms with Crippen molar-refractivity contribution in [3.05, 3.63) is 54.4 Å². The van der Waals surface area contributed by atoms with Gasteiger partial charge in [-0.1, -0.05) is 30.3 Å². The van der Waals surface area contributed by atoms with E-state index in [1.807, 2.05) is 35.1 Å². The molecule has 124 valence electrons. The van der Waals surface area contributed by atoms with Crippen LogP contribution in [-0.4, -0.2) is 26.4 Å². The first kappa shape index (κ1) is 16.4. The van der Waals surface area contributed by atoms with Gasteiger partial charge in [0, 0.05) is 18.0 Å². The largest absolute Gasteiger partial charge is 0.362 e. The van der Waals surface area contributed by atoms with Crippen LogP contribution >= 0.6 is 12.2 Å². The third kappa shape index (κ3) is 3.89. The summed E-state index contributed by atoms with van der Waals surface area (Å²) in [5.41, 5.74) is 3.04. The predicted molar refractivity (Wildman–Crippen MR) is 102 cm³/mol.